The number of fused-ring (bicyclic) bond motifs is 4. The van der Waals surface area contributed by atoms with Crippen LogP contribution in [0.5, 0.6) is 0 Å². The lowest BCUT2D eigenvalue weighted by Gasteiger charge is -2.23. The first-order valence-corrected chi connectivity index (χ1v) is 12.5. The zero-order valence-corrected chi connectivity index (χ0v) is 19.1. The summed E-state index contributed by atoms with van der Waals surface area (Å²) in [4.78, 5) is 7.44. The Labute approximate surface area is 195 Å². The molecule has 0 fully saturated rings. The van der Waals surface area contributed by atoms with E-state index >= 15 is 0 Å². The monoisotopic (exact) mass is 484 g/mol. The summed E-state index contributed by atoms with van der Waals surface area (Å²) in [5, 5.41) is 3.74. The summed E-state index contributed by atoms with van der Waals surface area (Å²) in [6.07, 6.45) is 8.19. The summed E-state index contributed by atoms with van der Waals surface area (Å²) >= 11 is 0. The smallest absolute Gasteiger partial charge is 0.262 e. The summed E-state index contributed by atoms with van der Waals surface area (Å²) in [5.41, 5.74) is 2.13. The average Bonchev–Trinajstić information content (AvgIpc) is 2.84. The molecule has 0 amide bonds. The van der Waals surface area contributed by atoms with Crippen LogP contribution < -0.4 is 10.4 Å². The predicted octanol–water partition coefficient (Wildman–Crippen LogP) is 3.42. The highest BCUT2D eigenvalue weighted by molar-refractivity contribution is 7.92. The largest absolute Gasteiger partial charge is 0.409 e. The first kappa shape index (κ1) is 23.9. The molecule has 0 saturated heterocycles. The first-order valence-electron chi connectivity index (χ1n) is 10.8. The van der Waals surface area contributed by atoms with Crippen molar-refractivity contribution in [2.45, 2.75) is 30.7 Å². The summed E-state index contributed by atoms with van der Waals surface area (Å²) in [7, 11) is -3.66. The van der Waals surface area contributed by atoms with Gasteiger partial charge in [0.15, 0.2) is 9.84 Å². The van der Waals surface area contributed by atoms with Gasteiger partial charge in [-0.2, -0.15) is 13.2 Å². The number of benzene rings is 2. The quantitative estimate of drug-likeness (QED) is 0.535. The number of hydrogen-bond donors (Lipinski definition) is 0. The zero-order valence-electron chi connectivity index (χ0n) is 18.2. The summed E-state index contributed by atoms with van der Waals surface area (Å²) in [6.45, 7) is 0. The molecule has 1 atom stereocenters. The van der Waals surface area contributed by atoms with Crippen LogP contribution in [0.15, 0.2) is 73.3 Å². The van der Waals surface area contributed by atoms with Crippen molar-refractivity contribution < 1.29 is 21.6 Å². The maximum atomic E-state index is 12.6. The molecule has 0 aliphatic heterocycles. The maximum Gasteiger partial charge on any atom is 0.409 e. The highest BCUT2D eigenvalue weighted by Gasteiger charge is 2.29. The molecule has 0 N–H and O–H groups in total. The number of aromatic nitrogens is 2. The van der Waals surface area contributed by atoms with E-state index in [-0.39, 0.29) is 6.08 Å². The molecule has 0 radical (unpaired) electrons. The Hall–Kier alpha value is -3.26. The minimum atomic E-state index is -4.50. The molecule has 4 nitrogen and oxygen atoms in total. The number of halogens is 3. The van der Waals surface area contributed by atoms with Gasteiger partial charge < -0.3 is 0 Å². The number of rotatable bonds is 3. The molecule has 1 aromatic heterocycles. The molecule has 176 valence electrons. The molecule has 2 aromatic carbocycles. The van der Waals surface area contributed by atoms with Gasteiger partial charge in [0, 0.05) is 30.9 Å². The molecule has 3 aromatic rings. The topological polar surface area (TPSA) is 59.9 Å². The van der Waals surface area contributed by atoms with Crippen molar-refractivity contribution in [1.82, 2.24) is 9.97 Å². The highest BCUT2D eigenvalue weighted by Crippen LogP contribution is 2.23. The van der Waals surface area contributed by atoms with Crippen molar-refractivity contribution in [1.29, 1.82) is 0 Å². The van der Waals surface area contributed by atoms with Crippen LogP contribution in [-0.4, -0.2) is 35.6 Å². The zero-order chi connectivity index (χ0) is 24.2. The lowest BCUT2D eigenvalue weighted by atomic mass is 9.89. The van der Waals surface area contributed by atoms with Crippen molar-refractivity contribution in [2.24, 2.45) is 0 Å². The standard InChI is InChI=1S/C22H19F3O2S.C4H4N2/c23-22(24,25)12-3-13-28(26,27)17-9-6-16-8-10-19-18-5-2-1-4-15(18)7-11-20(19)21(16)14-17;1-2-6-4-3-5-1/h1-8,10,12,17H,9,11,13-14H2;1-4H. The van der Waals surface area contributed by atoms with Crippen molar-refractivity contribution in [2.75, 3.05) is 5.75 Å². The van der Waals surface area contributed by atoms with E-state index in [0.717, 1.165) is 38.4 Å². The number of nitrogens with zero attached hydrogens (tertiary/aromatic N) is 2. The van der Waals surface area contributed by atoms with Crippen LogP contribution in [-0.2, 0) is 22.7 Å². The molecule has 0 spiro atoms. The minimum Gasteiger partial charge on any atom is -0.262 e. The van der Waals surface area contributed by atoms with E-state index in [0.29, 0.717) is 18.9 Å². The lowest BCUT2D eigenvalue weighted by Crippen LogP contribution is -2.33. The van der Waals surface area contributed by atoms with E-state index in [1.54, 1.807) is 24.8 Å². The third-order valence-electron chi connectivity index (χ3n) is 5.90. The summed E-state index contributed by atoms with van der Waals surface area (Å²) < 4.78 is 62.1. The van der Waals surface area contributed by atoms with Gasteiger partial charge in [0.2, 0.25) is 0 Å². The summed E-state index contributed by atoms with van der Waals surface area (Å²) in [6, 6.07) is 12.2. The normalized spacial score (nSPS) is 16.7. The van der Waals surface area contributed by atoms with E-state index in [1.807, 2.05) is 24.3 Å². The molecule has 8 heteroatoms. The lowest BCUT2D eigenvalue weighted by molar-refractivity contribution is -0.0799. The van der Waals surface area contributed by atoms with Crippen LogP contribution in [0.3, 0.4) is 0 Å². The predicted molar refractivity (Wildman–Crippen MR) is 126 cm³/mol. The Bertz CT molecular complexity index is 1490. The third-order valence-corrected chi connectivity index (χ3v) is 7.93. The second-order valence-electron chi connectivity index (χ2n) is 8.09. The highest BCUT2D eigenvalue weighted by atomic mass is 32.2. The van der Waals surface area contributed by atoms with Crippen molar-refractivity contribution in [3.63, 3.8) is 0 Å². The second-order valence-corrected chi connectivity index (χ2v) is 10.4. The van der Waals surface area contributed by atoms with Gasteiger partial charge >= 0.3 is 6.18 Å². The third kappa shape index (κ3) is 5.62. The first-order chi connectivity index (χ1) is 16.2. The van der Waals surface area contributed by atoms with E-state index in [9.17, 15) is 21.6 Å². The molecule has 2 aliphatic rings. The maximum absolute atomic E-state index is 12.6. The van der Waals surface area contributed by atoms with E-state index in [2.05, 4.69) is 34.2 Å². The molecule has 1 heterocycles. The van der Waals surface area contributed by atoms with Crippen molar-refractivity contribution in [3.05, 3.63) is 105 Å². The van der Waals surface area contributed by atoms with Gasteiger partial charge in [-0.05, 0) is 51.3 Å². The van der Waals surface area contributed by atoms with Gasteiger partial charge in [0.25, 0.3) is 0 Å². The Morgan fingerprint density at radius 3 is 2.26 bits per heavy atom. The summed E-state index contributed by atoms with van der Waals surface area (Å²) in [5.74, 6) is -0.593. The number of alkyl halides is 3. The second kappa shape index (κ2) is 9.93. The van der Waals surface area contributed by atoms with Gasteiger partial charge in [-0.3, -0.25) is 9.97 Å². The van der Waals surface area contributed by atoms with Gasteiger partial charge in [0.05, 0.1) is 11.0 Å². The van der Waals surface area contributed by atoms with Gasteiger partial charge in [-0.15, -0.1) is 0 Å². The molecule has 0 saturated carbocycles. The fourth-order valence-corrected chi connectivity index (χ4v) is 5.76. The molecular weight excluding hydrogens is 461 g/mol. The van der Waals surface area contributed by atoms with Crippen LogP contribution in [0.1, 0.15) is 17.5 Å². The Kier molecular flexibility index (Phi) is 6.97. The van der Waals surface area contributed by atoms with E-state index in [4.69, 9.17) is 0 Å². The van der Waals surface area contributed by atoms with E-state index in [1.165, 1.54) is 0 Å². The van der Waals surface area contributed by atoms with Crippen LogP contribution in [0.4, 0.5) is 13.2 Å². The number of allylic oxidation sites excluding steroid dienone is 1. The van der Waals surface area contributed by atoms with Crippen LogP contribution in [0.2, 0.25) is 0 Å². The van der Waals surface area contributed by atoms with Crippen LogP contribution >= 0.6 is 0 Å². The van der Waals surface area contributed by atoms with Crippen molar-refractivity contribution in [3.8, 4) is 0 Å². The average molecular weight is 485 g/mol. The number of hydrogen-bond acceptors (Lipinski definition) is 4. The van der Waals surface area contributed by atoms with Gasteiger partial charge in [-0.1, -0.05) is 54.6 Å². The minimum absolute atomic E-state index is 0.00120. The Balaban J connectivity index is 0.000000398. The Morgan fingerprint density at radius 2 is 1.59 bits per heavy atom. The van der Waals surface area contributed by atoms with Crippen LogP contribution in [0.25, 0.3) is 12.2 Å². The molecular formula is C26H23F3N2O2S. The van der Waals surface area contributed by atoms with Crippen molar-refractivity contribution >= 4 is 22.0 Å². The number of sulfone groups is 1. The van der Waals surface area contributed by atoms with Crippen LogP contribution in [0, 0.1) is 10.4 Å². The molecule has 5 rings (SSSR count). The Morgan fingerprint density at radius 1 is 0.882 bits per heavy atom. The molecule has 0 bridgehead atoms. The molecule has 34 heavy (non-hydrogen) atoms. The van der Waals surface area contributed by atoms with Gasteiger partial charge in [0.1, 0.15) is 0 Å². The van der Waals surface area contributed by atoms with E-state index < -0.39 is 27.0 Å². The SMILES string of the molecule is O=S(=O)(CC=CC(F)(F)F)C1CC=c2ccc3c(c2C1)CC=c1ccccc1=3.c1cnccn1. The molecule has 1 unspecified atom stereocenters. The fraction of sp³-hybridized carbons (Fsp3) is 0.231. The fourth-order valence-electron chi connectivity index (χ4n) is 4.31. The molecule has 2 aliphatic carbocycles. The van der Waals surface area contributed by atoms with Gasteiger partial charge in [-0.25, -0.2) is 8.42 Å².